The van der Waals surface area contributed by atoms with Crippen molar-refractivity contribution in [3.05, 3.63) is 106 Å². The van der Waals surface area contributed by atoms with Crippen LogP contribution in [0.1, 0.15) is 23.0 Å². The maximum atomic E-state index is 12.4. The summed E-state index contributed by atoms with van der Waals surface area (Å²) >= 11 is 0. The van der Waals surface area contributed by atoms with Crippen molar-refractivity contribution < 1.29 is 9.72 Å². The highest BCUT2D eigenvalue weighted by molar-refractivity contribution is 6.01. The van der Waals surface area contributed by atoms with Crippen LogP contribution in [0.3, 0.4) is 0 Å². The number of hydrazone groups is 1. The maximum Gasteiger partial charge on any atom is 0.289 e. The second kappa shape index (κ2) is 9.05. The number of non-ortho nitro benzene ring substituents is 1. The quantitative estimate of drug-likeness (QED) is 0.262. The molecule has 3 aromatic carbocycles. The molecule has 0 atom stereocenters. The fraction of sp³-hybridized carbons (Fsp3) is 0.0417. The average molecular weight is 425 g/mol. The SMILES string of the molecule is CC(=NNC(=O)c1cc(-c2ccc(-c3ccccc3)cc2)n[nH]1)c1cccc([N+](=O)[O-])c1. The molecule has 0 bridgehead atoms. The zero-order valence-corrected chi connectivity index (χ0v) is 17.1. The lowest BCUT2D eigenvalue weighted by Crippen LogP contribution is -2.19. The fourth-order valence-corrected chi connectivity index (χ4v) is 3.15. The molecule has 0 saturated carbocycles. The Morgan fingerprint density at radius 1 is 0.938 bits per heavy atom. The Labute approximate surface area is 183 Å². The summed E-state index contributed by atoms with van der Waals surface area (Å²) in [5, 5.41) is 21.9. The first-order valence-corrected chi connectivity index (χ1v) is 9.82. The molecule has 158 valence electrons. The van der Waals surface area contributed by atoms with E-state index in [2.05, 4.69) is 20.7 Å². The van der Waals surface area contributed by atoms with E-state index in [-0.39, 0.29) is 11.4 Å². The average Bonchev–Trinajstić information content (AvgIpc) is 3.33. The van der Waals surface area contributed by atoms with Crippen LogP contribution in [-0.4, -0.2) is 26.7 Å². The molecule has 0 spiro atoms. The summed E-state index contributed by atoms with van der Waals surface area (Å²) in [6.07, 6.45) is 0. The molecule has 8 heteroatoms. The second-order valence-corrected chi connectivity index (χ2v) is 7.06. The van der Waals surface area contributed by atoms with Gasteiger partial charge in [0.05, 0.1) is 16.3 Å². The van der Waals surface area contributed by atoms with Crippen LogP contribution in [0, 0.1) is 10.1 Å². The molecule has 1 heterocycles. The number of aromatic amines is 1. The van der Waals surface area contributed by atoms with E-state index in [4.69, 9.17) is 0 Å². The number of benzene rings is 3. The summed E-state index contributed by atoms with van der Waals surface area (Å²) < 4.78 is 0. The highest BCUT2D eigenvalue weighted by Crippen LogP contribution is 2.24. The second-order valence-electron chi connectivity index (χ2n) is 7.06. The highest BCUT2D eigenvalue weighted by atomic mass is 16.6. The number of aromatic nitrogens is 2. The van der Waals surface area contributed by atoms with Gasteiger partial charge in [0.2, 0.25) is 0 Å². The number of nitrogens with zero attached hydrogens (tertiary/aromatic N) is 3. The molecule has 1 amide bonds. The van der Waals surface area contributed by atoms with Crippen molar-refractivity contribution in [1.29, 1.82) is 0 Å². The van der Waals surface area contributed by atoms with Crippen LogP contribution in [0.4, 0.5) is 5.69 Å². The molecule has 0 fully saturated rings. The van der Waals surface area contributed by atoms with Gasteiger partial charge in [0, 0.05) is 23.3 Å². The first-order chi connectivity index (χ1) is 15.5. The number of H-pyrrole nitrogens is 1. The Bertz CT molecular complexity index is 1290. The summed E-state index contributed by atoms with van der Waals surface area (Å²) in [5.74, 6) is -0.463. The lowest BCUT2D eigenvalue weighted by molar-refractivity contribution is -0.384. The number of hydrogen-bond donors (Lipinski definition) is 2. The molecule has 32 heavy (non-hydrogen) atoms. The molecule has 8 nitrogen and oxygen atoms in total. The van der Waals surface area contributed by atoms with Crippen molar-refractivity contribution in [1.82, 2.24) is 15.6 Å². The topological polar surface area (TPSA) is 113 Å². The van der Waals surface area contributed by atoms with Gasteiger partial charge >= 0.3 is 0 Å². The molecular formula is C24H19N5O3. The van der Waals surface area contributed by atoms with Crippen molar-refractivity contribution in [2.75, 3.05) is 0 Å². The van der Waals surface area contributed by atoms with E-state index in [1.165, 1.54) is 12.1 Å². The van der Waals surface area contributed by atoms with Gasteiger partial charge in [-0.3, -0.25) is 20.0 Å². The zero-order valence-electron chi connectivity index (χ0n) is 17.1. The number of nitrogens with one attached hydrogen (secondary N) is 2. The summed E-state index contributed by atoms with van der Waals surface area (Å²) in [4.78, 5) is 22.9. The van der Waals surface area contributed by atoms with Crippen LogP contribution in [0.5, 0.6) is 0 Å². The van der Waals surface area contributed by atoms with Gasteiger partial charge in [-0.1, -0.05) is 66.7 Å². The molecule has 1 aromatic heterocycles. The number of rotatable bonds is 6. The summed E-state index contributed by atoms with van der Waals surface area (Å²) in [7, 11) is 0. The molecule has 0 saturated heterocycles. The molecule has 0 aliphatic rings. The minimum atomic E-state index is -0.478. The predicted molar refractivity (Wildman–Crippen MR) is 122 cm³/mol. The minimum absolute atomic E-state index is 0.0418. The smallest absolute Gasteiger partial charge is 0.272 e. The van der Waals surface area contributed by atoms with Gasteiger partial charge in [0.1, 0.15) is 5.69 Å². The van der Waals surface area contributed by atoms with E-state index in [1.807, 2.05) is 54.6 Å². The first kappa shape index (κ1) is 20.7. The molecule has 0 unspecified atom stereocenters. The van der Waals surface area contributed by atoms with Gasteiger partial charge in [-0.2, -0.15) is 10.2 Å². The molecule has 0 aliphatic heterocycles. The zero-order chi connectivity index (χ0) is 22.5. The van der Waals surface area contributed by atoms with Crippen LogP contribution in [-0.2, 0) is 0 Å². The minimum Gasteiger partial charge on any atom is -0.272 e. The van der Waals surface area contributed by atoms with Crippen LogP contribution < -0.4 is 5.43 Å². The molecular weight excluding hydrogens is 406 g/mol. The molecule has 2 N–H and O–H groups in total. The predicted octanol–water partition coefficient (Wildman–Crippen LogP) is 4.81. The van der Waals surface area contributed by atoms with Crippen molar-refractivity contribution in [2.45, 2.75) is 6.92 Å². The molecule has 0 radical (unpaired) electrons. The summed E-state index contributed by atoms with van der Waals surface area (Å²) in [6.45, 7) is 1.66. The standard InChI is InChI=1S/C24H19N5O3/c1-16(20-8-5-9-21(14-20)29(31)32)25-28-24(30)23-15-22(26-27-23)19-12-10-18(11-13-19)17-6-3-2-4-7-17/h2-15H,1H3,(H,26,27)(H,28,30). The van der Waals surface area contributed by atoms with E-state index in [0.29, 0.717) is 17.0 Å². The largest absolute Gasteiger partial charge is 0.289 e. The Balaban J connectivity index is 1.45. The van der Waals surface area contributed by atoms with Gasteiger partial charge in [-0.25, -0.2) is 5.43 Å². The number of hydrogen-bond acceptors (Lipinski definition) is 5. The summed E-state index contributed by atoms with van der Waals surface area (Å²) in [5.41, 5.74) is 7.37. The van der Waals surface area contributed by atoms with Crippen LogP contribution in [0.15, 0.2) is 90.0 Å². The summed E-state index contributed by atoms with van der Waals surface area (Å²) in [6, 6.07) is 25.7. The Kier molecular flexibility index (Phi) is 5.85. The number of carbonyl (C=O) groups is 1. The third-order valence-electron chi connectivity index (χ3n) is 4.91. The molecule has 4 aromatic rings. The van der Waals surface area contributed by atoms with Gasteiger partial charge in [0.15, 0.2) is 0 Å². The van der Waals surface area contributed by atoms with Crippen LogP contribution in [0.2, 0.25) is 0 Å². The van der Waals surface area contributed by atoms with E-state index >= 15 is 0 Å². The number of amides is 1. The third kappa shape index (κ3) is 4.59. The van der Waals surface area contributed by atoms with E-state index in [9.17, 15) is 14.9 Å². The van der Waals surface area contributed by atoms with Crippen molar-refractivity contribution in [2.24, 2.45) is 5.10 Å². The van der Waals surface area contributed by atoms with E-state index < -0.39 is 10.8 Å². The Morgan fingerprint density at radius 2 is 1.62 bits per heavy atom. The van der Waals surface area contributed by atoms with Crippen molar-refractivity contribution >= 4 is 17.3 Å². The van der Waals surface area contributed by atoms with Gasteiger partial charge < -0.3 is 0 Å². The molecule has 0 aliphatic carbocycles. The first-order valence-electron chi connectivity index (χ1n) is 9.82. The Hall–Kier alpha value is -4.59. The van der Waals surface area contributed by atoms with E-state index in [1.54, 1.807) is 25.1 Å². The number of nitro benzene ring substituents is 1. The van der Waals surface area contributed by atoms with Crippen LogP contribution >= 0.6 is 0 Å². The maximum absolute atomic E-state index is 12.4. The number of carbonyl (C=O) groups excluding carboxylic acids is 1. The number of nitro groups is 1. The lowest BCUT2D eigenvalue weighted by Gasteiger charge is -2.02. The van der Waals surface area contributed by atoms with Gasteiger partial charge in [-0.15, -0.1) is 0 Å². The lowest BCUT2D eigenvalue weighted by atomic mass is 10.0. The van der Waals surface area contributed by atoms with Gasteiger partial charge in [0.25, 0.3) is 11.6 Å². The van der Waals surface area contributed by atoms with E-state index in [0.717, 1.165) is 16.7 Å². The van der Waals surface area contributed by atoms with Crippen molar-refractivity contribution in [3.63, 3.8) is 0 Å². The fourth-order valence-electron chi connectivity index (χ4n) is 3.15. The monoisotopic (exact) mass is 425 g/mol. The molecule has 4 rings (SSSR count). The Morgan fingerprint density at radius 3 is 2.34 bits per heavy atom. The van der Waals surface area contributed by atoms with Crippen LogP contribution in [0.25, 0.3) is 22.4 Å². The van der Waals surface area contributed by atoms with Gasteiger partial charge in [-0.05, 0) is 24.1 Å². The highest BCUT2D eigenvalue weighted by Gasteiger charge is 2.12. The van der Waals surface area contributed by atoms with Crippen molar-refractivity contribution in [3.8, 4) is 22.4 Å². The normalized spacial score (nSPS) is 11.2. The third-order valence-corrected chi connectivity index (χ3v) is 4.91.